The lowest BCUT2D eigenvalue weighted by atomic mass is 10.1. The van der Waals surface area contributed by atoms with Gasteiger partial charge in [-0.05, 0) is 38.0 Å². The SMILES string of the molecule is CC(NC(=O)c1cc(Br)ccc1Cl)C1CCCO1. The minimum Gasteiger partial charge on any atom is -0.376 e. The average Bonchev–Trinajstić information content (AvgIpc) is 2.85. The summed E-state index contributed by atoms with van der Waals surface area (Å²) >= 11 is 9.36. The fourth-order valence-corrected chi connectivity index (χ4v) is 2.61. The van der Waals surface area contributed by atoms with Gasteiger partial charge in [0.2, 0.25) is 0 Å². The number of carbonyl (C=O) groups excluding carboxylic acids is 1. The zero-order valence-electron chi connectivity index (χ0n) is 10.1. The van der Waals surface area contributed by atoms with Crippen molar-refractivity contribution in [3.05, 3.63) is 33.3 Å². The van der Waals surface area contributed by atoms with Crippen LogP contribution in [0, 0.1) is 0 Å². The number of benzene rings is 1. The topological polar surface area (TPSA) is 38.3 Å². The Morgan fingerprint density at radius 3 is 3.06 bits per heavy atom. The second-order valence-electron chi connectivity index (χ2n) is 4.44. The van der Waals surface area contributed by atoms with Gasteiger partial charge in [0.15, 0.2) is 0 Å². The van der Waals surface area contributed by atoms with Gasteiger partial charge in [0.1, 0.15) is 0 Å². The molecule has 1 aliphatic heterocycles. The van der Waals surface area contributed by atoms with Crippen LogP contribution < -0.4 is 5.32 Å². The Kier molecular flexibility index (Phi) is 4.65. The number of hydrogen-bond donors (Lipinski definition) is 1. The van der Waals surface area contributed by atoms with Gasteiger partial charge < -0.3 is 10.1 Å². The van der Waals surface area contributed by atoms with Gasteiger partial charge in [0, 0.05) is 11.1 Å². The summed E-state index contributed by atoms with van der Waals surface area (Å²) in [4.78, 5) is 12.1. The lowest BCUT2D eigenvalue weighted by Gasteiger charge is -2.20. The Balaban J connectivity index is 2.04. The number of hydrogen-bond acceptors (Lipinski definition) is 2. The molecule has 0 bridgehead atoms. The molecule has 0 aliphatic carbocycles. The molecule has 1 amide bonds. The Hall–Kier alpha value is -0.580. The van der Waals surface area contributed by atoms with Gasteiger partial charge in [-0.15, -0.1) is 0 Å². The summed E-state index contributed by atoms with van der Waals surface area (Å²) in [6, 6.07) is 5.23. The van der Waals surface area contributed by atoms with Crippen molar-refractivity contribution in [2.45, 2.75) is 31.9 Å². The van der Waals surface area contributed by atoms with Gasteiger partial charge in [-0.1, -0.05) is 27.5 Å². The number of carbonyl (C=O) groups is 1. The average molecular weight is 333 g/mol. The largest absolute Gasteiger partial charge is 0.376 e. The molecule has 2 rings (SSSR count). The van der Waals surface area contributed by atoms with Gasteiger partial charge in [0.05, 0.1) is 22.7 Å². The van der Waals surface area contributed by atoms with Crippen LogP contribution in [0.5, 0.6) is 0 Å². The lowest BCUT2D eigenvalue weighted by molar-refractivity contribution is 0.0712. The Morgan fingerprint density at radius 2 is 2.39 bits per heavy atom. The predicted octanol–water partition coefficient (Wildman–Crippen LogP) is 3.40. The summed E-state index contributed by atoms with van der Waals surface area (Å²) in [5.41, 5.74) is 0.482. The van der Waals surface area contributed by atoms with E-state index in [0.29, 0.717) is 10.6 Å². The third kappa shape index (κ3) is 3.25. The van der Waals surface area contributed by atoms with Crippen molar-refractivity contribution >= 4 is 33.4 Å². The zero-order chi connectivity index (χ0) is 13.1. The van der Waals surface area contributed by atoms with Crippen LogP contribution in [0.2, 0.25) is 5.02 Å². The van der Waals surface area contributed by atoms with Crippen LogP contribution in [0.3, 0.4) is 0 Å². The first kappa shape index (κ1) is 13.8. The standard InChI is InChI=1S/C13H15BrClNO2/c1-8(12-3-2-6-18-12)16-13(17)10-7-9(14)4-5-11(10)15/h4-5,7-8,12H,2-3,6H2,1H3,(H,16,17). The van der Waals surface area contributed by atoms with Gasteiger partial charge in [-0.3, -0.25) is 4.79 Å². The van der Waals surface area contributed by atoms with E-state index < -0.39 is 0 Å². The van der Waals surface area contributed by atoms with E-state index >= 15 is 0 Å². The van der Waals surface area contributed by atoms with Crippen LogP contribution >= 0.6 is 27.5 Å². The molecule has 2 atom stereocenters. The minimum absolute atomic E-state index is 0.00458. The van der Waals surface area contributed by atoms with E-state index in [1.807, 2.05) is 13.0 Å². The van der Waals surface area contributed by atoms with Gasteiger partial charge in [0.25, 0.3) is 5.91 Å². The maximum atomic E-state index is 12.1. The molecule has 3 nitrogen and oxygen atoms in total. The van der Waals surface area contributed by atoms with Gasteiger partial charge >= 0.3 is 0 Å². The quantitative estimate of drug-likeness (QED) is 0.921. The molecular formula is C13H15BrClNO2. The van der Waals surface area contributed by atoms with Crippen LogP contribution in [0.1, 0.15) is 30.1 Å². The molecule has 1 heterocycles. The number of ether oxygens (including phenoxy) is 1. The molecule has 0 radical (unpaired) electrons. The van der Waals surface area contributed by atoms with Crippen molar-refractivity contribution in [1.82, 2.24) is 5.32 Å². The zero-order valence-corrected chi connectivity index (χ0v) is 12.4. The summed E-state index contributed by atoms with van der Waals surface area (Å²) in [6.45, 7) is 2.74. The molecule has 0 saturated carbocycles. The van der Waals surface area contributed by atoms with E-state index in [1.54, 1.807) is 12.1 Å². The van der Waals surface area contributed by atoms with Crippen molar-refractivity contribution in [3.63, 3.8) is 0 Å². The molecule has 18 heavy (non-hydrogen) atoms. The fourth-order valence-electron chi connectivity index (χ4n) is 2.05. The monoisotopic (exact) mass is 331 g/mol. The molecular weight excluding hydrogens is 318 g/mol. The summed E-state index contributed by atoms with van der Waals surface area (Å²) in [5, 5.41) is 3.39. The van der Waals surface area contributed by atoms with Gasteiger partial charge in [-0.2, -0.15) is 0 Å². The number of halogens is 2. The highest BCUT2D eigenvalue weighted by atomic mass is 79.9. The van der Waals surface area contributed by atoms with Crippen molar-refractivity contribution in [1.29, 1.82) is 0 Å². The molecule has 1 N–H and O–H groups in total. The van der Waals surface area contributed by atoms with E-state index in [4.69, 9.17) is 16.3 Å². The molecule has 0 spiro atoms. The molecule has 1 aromatic carbocycles. The lowest BCUT2D eigenvalue weighted by Crippen LogP contribution is -2.40. The van der Waals surface area contributed by atoms with Crippen LogP contribution in [-0.2, 0) is 4.74 Å². The van der Waals surface area contributed by atoms with Crippen molar-refractivity contribution in [2.24, 2.45) is 0 Å². The molecule has 5 heteroatoms. The number of amides is 1. The van der Waals surface area contributed by atoms with Crippen LogP contribution in [0.15, 0.2) is 22.7 Å². The second kappa shape index (κ2) is 6.04. The van der Waals surface area contributed by atoms with Crippen molar-refractivity contribution < 1.29 is 9.53 Å². The Bertz CT molecular complexity index is 447. The van der Waals surface area contributed by atoms with E-state index in [-0.39, 0.29) is 18.1 Å². The summed E-state index contributed by atoms with van der Waals surface area (Å²) in [6.07, 6.45) is 2.16. The van der Waals surface area contributed by atoms with E-state index in [0.717, 1.165) is 23.9 Å². The number of rotatable bonds is 3. The number of nitrogens with one attached hydrogen (secondary N) is 1. The predicted molar refractivity (Wildman–Crippen MR) is 75.1 cm³/mol. The maximum Gasteiger partial charge on any atom is 0.253 e. The third-order valence-corrected chi connectivity index (χ3v) is 3.88. The molecule has 1 saturated heterocycles. The molecule has 0 aromatic heterocycles. The van der Waals surface area contributed by atoms with Crippen LogP contribution in [-0.4, -0.2) is 24.7 Å². The highest BCUT2D eigenvalue weighted by Gasteiger charge is 2.24. The van der Waals surface area contributed by atoms with Crippen LogP contribution in [0.4, 0.5) is 0 Å². The first-order chi connectivity index (χ1) is 8.58. The van der Waals surface area contributed by atoms with Crippen molar-refractivity contribution in [2.75, 3.05) is 6.61 Å². The molecule has 1 aliphatic rings. The van der Waals surface area contributed by atoms with E-state index in [1.165, 1.54) is 0 Å². The molecule has 2 unspecified atom stereocenters. The highest BCUT2D eigenvalue weighted by molar-refractivity contribution is 9.10. The maximum absolute atomic E-state index is 12.1. The van der Waals surface area contributed by atoms with E-state index in [9.17, 15) is 4.79 Å². The normalized spacial score (nSPS) is 20.7. The summed E-state index contributed by atoms with van der Waals surface area (Å²) in [7, 11) is 0. The Labute approximate surface area is 120 Å². The summed E-state index contributed by atoms with van der Waals surface area (Å²) < 4.78 is 6.38. The molecule has 1 aromatic rings. The highest BCUT2D eigenvalue weighted by Crippen LogP contribution is 2.22. The minimum atomic E-state index is -0.163. The molecule has 98 valence electrons. The Morgan fingerprint density at radius 1 is 1.61 bits per heavy atom. The van der Waals surface area contributed by atoms with Crippen molar-refractivity contribution in [3.8, 4) is 0 Å². The van der Waals surface area contributed by atoms with E-state index in [2.05, 4.69) is 21.2 Å². The summed E-state index contributed by atoms with van der Waals surface area (Å²) in [5.74, 6) is -0.163. The first-order valence-corrected chi connectivity index (χ1v) is 7.12. The fraction of sp³-hybridized carbons (Fsp3) is 0.462. The third-order valence-electron chi connectivity index (χ3n) is 3.05. The molecule has 1 fully saturated rings. The second-order valence-corrected chi connectivity index (χ2v) is 5.76. The van der Waals surface area contributed by atoms with Gasteiger partial charge in [-0.25, -0.2) is 0 Å². The van der Waals surface area contributed by atoms with Crippen LogP contribution in [0.25, 0.3) is 0 Å². The smallest absolute Gasteiger partial charge is 0.253 e. The first-order valence-electron chi connectivity index (χ1n) is 5.95.